The number of amides is 1. The molecule has 0 spiro atoms. The Morgan fingerprint density at radius 3 is 2.67 bits per heavy atom. The Morgan fingerprint density at radius 2 is 1.79 bits per heavy atom. The lowest BCUT2D eigenvalue weighted by Gasteiger charge is -2.06. The zero-order valence-electron chi connectivity index (χ0n) is 13.1. The van der Waals surface area contributed by atoms with Crippen LogP contribution in [0.25, 0.3) is 21.9 Å². The maximum atomic E-state index is 12.4. The van der Waals surface area contributed by atoms with E-state index in [9.17, 15) is 9.59 Å². The van der Waals surface area contributed by atoms with E-state index >= 15 is 0 Å². The summed E-state index contributed by atoms with van der Waals surface area (Å²) in [6.07, 6.45) is 0.289. The molecule has 0 saturated heterocycles. The van der Waals surface area contributed by atoms with E-state index in [1.54, 1.807) is 18.2 Å². The van der Waals surface area contributed by atoms with E-state index in [-0.39, 0.29) is 18.0 Å². The minimum Gasteiger partial charge on any atom is -0.358 e. The number of para-hydroxylation sites is 1. The third-order valence-electron chi connectivity index (χ3n) is 4.16. The van der Waals surface area contributed by atoms with E-state index in [1.165, 1.54) is 0 Å². The largest absolute Gasteiger partial charge is 0.358 e. The number of hydrogen-bond donors (Lipinski definition) is 4. The average molecular weight is 320 g/mol. The lowest BCUT2D eigenvalue weighted by Crippen LogP contribution is -2.14. The van der Waals surface area contributed by atoms with Crippen LogP contribution in [0.2, 0.25) is 0 Å². The highest BCUT2D eigenvalue weighted by atomic mass is 16.1. The lowest BCUT2D eigenvalue weighted by atomic mass is 10.1. The summed E-state index contributed by atoms with van der Waals surface area (Å²) < 4.78 is 0. The molecule has 0 aliphatic carbocycles. The monoisotopic (exact) mass is 320 g/mol. The van der Waals surface area contributed by atoms with Gasteiger partial charge in [-0.25, -0.2) is 4.79 Å². The zero-order valence-corrected chi connectivity index (χ0v) is 13.1. The van der Waals surface area contributed by atoms with Crippen molar-refractivity contribution in [2.45, 2.75) is 13.3 Å². The van der Waals surface area contributed by atoms with Crippen molar-refractivity contribution in [3.63, 3.8) is 0 Å². The van der Waals surface area contributed by atoms with Crippen LogP contribution in [-0.2, 0) is 11.2 Å². The number of carbonyl (C=O) groups is 1. The van der Waals surface area contributed by atoms with Gasteiger partial charge in [-0.2, -0.15) is 0 Å². The second kappa shape index (κ2) is 5.42. The van der Waals surface area contributed by atoms with Crippen LogP contribution >= 0.6 is 0 Å². The number of benzene rings is 2. The van der Waals surface area contributed by atoms with Gasteiger partial charge in [0, 0.05) is 22.3 Å². The molecule has 0 unspecified atom stereocenters. The number of H-pyrrole nitrogens is 3. The van der Waals surface area contributed by atoms with Crippen molar-refractivity contribution < 1.29 is 4.79 Å². The van der Waals surface area contributed by atoms with Gasteiger partial charge in [0.25, 0.3) is 0 Å². The number of rotatable bonds is 3. The molecule has 0 bridgehead atoms. The number of aryl methyl sites for hydroxylation is 1. The molecule has 4 rings (SSSR count). The Morgan fingerprint density at radius 1 is 1.00 bits per heavy atom. The summed E-state index contributed by atoms with van der Waals surface area (Å²) in [5.41, 5.74) is 4.80. The molecule has 2 heterocycles. The maximum Gasteiger partial charge on any atom is 0.323 e. The molecular formula is C18H16N4O2. The van der Waals surface area contributed by atoms with Gasteiger partial charge in [-0.3, -0.25) is 4.79 Å². The fourth-order valence-electron chi connectivity index (χ4n) is 3.04. The predicted octanol–water partition coefficient (Wildman–Crippen LogP) is 2.83. The van der Waals surface area contributed by atoms with Crippen molar-refractivity contribution in [2.75, 3.05) is 5.32 Å². The third-order valence-corrected chi connectivity index (χ3v) is 4.16. The number of nitrogens with one attached hydrogen (secondary N) is 4. The minimum absolute atomic E-state index is 0.0971. The first kappa shape index (κ1) is 14.3. The molecule has 6 heteroatoms. The van der Waals surface area contributed by atoms with Gasteiger partial charge in [-0.1, -0.05) is 18.2 Å². The molecule has 2 aromatic carbocycles. The summed E-state index contributed by atoms with van der Waals surface area (Å²) in [6.45, 7) is 1.97. The molecule has 2 aromatic heterocycles. The standard InChI is InChI=1S/C18H16N4O2/c1-10-13(12-4-2-3-5-14(12)19-10)9-17(23)20-11-6-7-15-16(8-11)22-18(24)21-15/h2-8,19H,9H2,1H3,(H,20,23)(H2,21,22,24). The first-order valence-corrected chi connectivity index (χ1v) is 7.68. The van der Waals surface area contributed by atoms with Gasteiger partial charge in [0.2, 0.25) is 5.91 Å². The Kier molecular flexibility index (Phi) is 3.23. The summed E-state index contributed by atoms with van der Waals surface area (Å²) in [7, 11) is 0. The number of hydrogen-bond acceptors (Lipinski definition) is 2. The number of fused-ring (bicyclic) bond motifs is 2. The van der Waals surface area contributed by atoms with E-state index < -0.39 is 0 Å². The Bertz CT molecular complexity index is 1120. The van der Waals surface area contributed by atoms with E-state index in [0.29, 0.717) is 16.7 Å². The number of aromatic amines is 3. The SMILES string of the molecule is Cc1[nH]c2ccccc2c1CC(=O)Nc1ccc2[nH]c(=O)[nH]c2c1. The molecule has 0 radical (unpaired) electrons. The van der Waals surface area contributed by atoms with Crippen molar-refractivity contribution in [1.82, 2.24) is 15.0 Å². The van der Waals surface area contributed by atoms with Crippen LogP contribution in [0.5, 0.6) is 0 Å². The lowest BCUT2D eigenvalue weighted by molar-refractivity contribution is -0.115. The number of anilines is 1. The fourth-order valence-corrected chi connectivity index (χ4v) is 3.04. The van der Waals surface area contributed by atoms with Crippen LogP contribution in [0.15, 0.2) is 47.3 Å². The molecule has 0 fully saturated rings. The highest BCUT2D eigenvalue weighted by Gasteiger charge is 2.12. The van der Waals surface area contributed by atoms with Crippen LogP contribution in [-0.4, -0.2) is 20.9 Å². The smallest absolute Gasteiger partial charge is 0.323 e. The Hall–Kier alpha value is -3.28. The van der Waals surface area contributed by atoms with Crippen molar-refractivity contribution in [3.8, 4) is 0 Å². The molecule has 0 aliphatic rings. The van der Waals surface area contributed by atoms with E-state index in [2.05, 4.69) is 20.3 Å². The van der Waals surface area contributed by atoms with Gasteiger partial charge < -0.3 is 20.3 Å². The van der Waals surface area contributed by atoms with Crippen molar-refractivity contribution in [2.24, 2.45) is 0 Å². The molecule has 0 aliphatic heterocycles. The topological polar surface area (TPSA) is 93.5 Å². The first-order valence-electron chi connectivity index (χ1n) is 7.68. The van der Waals surface area contributed by atoms with Gasteiger partial charge in [0.15, 0.2) is 0 Å². The second-order valence-electron chi connectivity index (χ2n) is 5.84. The van der Waals surface area contributed by atoms with Crippen LogP contribution in [0.1, 0.15) is 11.3 Å². The minimum atomic E-state index is -0.261. The normalized spacial score (nSPS) is 11.2. The molecule has 4 N–H and O–H groups in total. The molecule has 0 atom stereocenters. The van der Waals surface area contributed by atoms with E-state index in [4.69, 9.17) is 0 Å². The number of imidazole rings is 1. The molecule has 0 saturated carbocycles. The third kappa shape index (κ3) is 2.48. The average Bonchev–Trinajstić information content (AvgIpc) is 3.06. The van der Waals surface area contributed by atoms with Crippen molar-refractivity contribution >= 4 is 33.5 Å². The first-order chi connectivity index (χ1) is 11.6. The molecular weight excluding hydrogens is 304 g/mol. The molecule has 120 valence electrons. The van der Waals surface area contributed by atoms with Gasteiger partial charge in [-0.05, 0) is 36.8 Å². The highest BCUT2D eigenvalue weighted by Crippen LogP contribution is 2.23. The quantitative estimate of drug-likeness (QED) is 0.467. The second-order valence-corrected chi connectivity index (χ2v) is 5.84. The Balaban J connectivity index is 1.59. The molecule has 1 amide bonds. The van der Waals surface area contributed by atoms with Crippen LogP contribution < -0.4 is 11.0 Å². The van der Waals surface area contributed by atoms with E-state index in [0.717, 1.165) is 22.2 Å². The van der Waals surface area contributed by atoms with Gasteiger partial charge >= 0.3 is 5.69 Å². The van der Waals surface area contributed by atoms with Gasteiger partial charge in [-0.15, -0.1) is 0 Å². The van der Waals surface area contributed by atoms with E-state index in [1.807, 2.05) is 31.2 Å². The molecule has 24 heavy (non-hydrogen) atoms. The van der Waals surface area contributed by atoms with Crippen LogP contribution in [0.3, 0.4) is 0 Å². The Labute approximate surface area is 136 Å². The number of aromatic nitrogens is 3. The summed E-state index contributed by atoms with van der Waals surface area (Å²) >= 11 is 0. The van der Waals surface area contributed by atoms with Crippen molar-refractivity contribution in [3.05, 3.63) is 64.2 Å². The van der Waals surface area contributed by atoms with Gasteiger partial charge in [0.1, 0.15) is 0 Å². The molecule has 6 nitrogen and oxygen atoms in total. The summed E-state index contributed by atoms with van der Waals surface area (Å²) in [5.74, 6) is -0.0971. The van der Waals surface area contributed by atoms with Crippen molar-refractivity contribution in [1.29, 1.82) is 0 Å². The summed E-state index contributed by atoms with van der Waals surface area (Å²) in [5, 5.41) is 3.95. The van der Waals surface area contributed by atoms with Crippen LogP contribution in [0, 0.1) is 6.92 Å². The number of carbonyl (C=O) groups excluding carboxylic acids is 1. The predicted molar refractivity (Wildman–Crippen MR) is 94.3 cm³/mol. The summed E-state index contributed by atoms with van der Waals surface area (Å²) in [6, 6.07) is 13.2. The maximum absolute atomic E-state index is 12.4. The zero-order chi connectivity index (χ0) is 16.7. The van der Waals surface area contributed by atoms with Crippen LogP contribution in [0.4, 0.5) is 5.69 Å². The molecule has 4 aromatic rings. The fraction of sp³-hybridized carbons (Fsp3) is 0.111. The highest BCUT2D eigenvalue weighted by molar-refractivity contribution is 5.97. The van der Waals surface area contributed by atoms with Gasteiger partial charge in [0.05, 0.1) is 17.5 Å². The summed E-state index contributed by atoms with van der Waals surface area (Å²) in [4.78, 5) is 32.4.